The van der Waals surface area contributed by atoms with E-state index in [2.05, 4.69) is 21.6 Å². The van der Waals surface area contributed by atoms with E-state index in [1.807, 2.05) is 67.9 Å². The van der Waals surface area contributed by atoms with Crippen LogP contribution < -0.4 is 10.1 Å². The van der Waals surface area contributed by atoms with Crippen LogP contribution in [-0.4, -0.2) is 26.4 Å². The van der Waals surface area contributed by atoms with Gasteiger partial charge in [0.25, 0.3) is 0 Å². The number of aromatic nitrogens is 3. The third-order valence-corrected chi connectivity index (χ3v) is 5.17. The van der Waals surface area contributed by atoms with E-state index in [9.17, 15) is 4.79 Å². The third-order valence-electron chi connectivity index (χ3n) is 4.15. The Morgan fingerprint density at radius 3 is 2.54 bits per heavy atom. The number of aryl methyl sites for hydroxylation is 2. The van der Waals surface area contributed by atoms with Crippen LogP contribution in [0.3, 0.4) is 0 Å². The van der Waals surface area contributed by atoms with Gasteiger partial charge in [0.15, 0.2) is 11.0 Å². The fourth-order valence-electron chi connectivity index (χ4n) is 2.74. The van der Waals surface area contributed by atoms with Crippen LogP contribution in [0, 0.1) is 13.8 Å². The minimum absolute atomic E-state index is 0.0371. The molecule has 1 N–H and O–H groups in total. The number of rotatable bonds is 8. The highest BCUT2D eigenvalue weighted by atomic mass is 32.2. The zero-order valence-electron chi connectivity index (χ0n) is 16.3. The summed E-state index contributed by atoms with van der Waals surface area (Å²) in [5.41, 5.74) is 3.39. The maximum atomic E-state index is 12.1. The van der Waals surface area contributed by atoms with Crippen molar-refractivity contribution in [1.29, 1.82) is 0 Å². The number of carbonyl (C=O) groups is 1. The number of amides is 1. The maximum Gasteiger partial charge on any atom is 0.230 e. The van der Waals surface area contributed by atoms with Gasteiger partial charge >= 0.3 is 0 Å². The van der Waals surface area contributed by atoms with Gasteiger partial charge in [0.2, 0.25) is 5.91 Å². The van der Waals surface area contributed by atoms with Gasteiger partial charge in [-0.1, -0.05) is 48.2 Å². The lowest BCUT2D eigenvalue weighted by atomic mass is 10.1. The lowest BCUT2D eigenvalue weighted by molar-refractivity contribution is -0.118. The molecule has 0 bridgehead atoms. The van der Waals surface area contributed by atoms with Gasteiger partial charge < -0.3 is 14.6 Å². The van der Waals surface area contributed by atoms with E-state index in [4.69, 9.17) is 4.74 Å². The number of hydrogen-bond donors (Lipinski definition) is 1. The van der Waals surface area contributed by atoms with Crippen LogP contribution in [0.5, 0.6) is 5.75 Å². The number of hydrogen-bond acceptors (Lipinski definition) is 5. The van der Waals surface area contributed by atoms with E-state index in [1.54, 1.807) is 0 Å². The van der Waals surface area contributed by atoms with Crippen LogP contribution >= 0.6 is 11.8 Å². The van der Waals surface area contributed by atoms with Gasteiger partial charge in [-0.15, -0.1) is 10.2 Å². The molecule has 0 aliphatic carbocycles. The molecule has 0 spiro atoms. The predicted molar refractivity (Wildman–Crippen MR) is 110 cm³/mol. The number of carbonyl (C=O) groups excluding carboxylic acids is 1. The van der Waals surface area contributed by atoms with Gasteiger partial charge in [-0.05, 0) is 42.7 Å². The fraction of sp³-hybridized carbons (Fsp3) is 0.286. The number of thioether (sulfide) groups is 1. The Morgan fingerprint density at radius 2 is 1.82 bits per heavy atom. The first-order valence-corrected chi connectivity index (χ1v) is 10.0. The lowest BCUT2D eigenvalue weighted by Crippen LogP contribution is -2.24. The van der Waals surface area contributed by atoms with Crippen molar-refractivity contribution in [2.24, 2.45) is 7.05 Å². The van der Waals surface area contributed by atoms with E-state index in [-0.39, 0.29) is 11.7 Å². The second kappa shape index (κ2) is 9.41. The molecule has 1 aromatic heterocycles. The van der Waals surface area contributed by atoms with Crippen LogP contribution in [-0.2, 0) is 25.0 Å². The van der Waals surface area contributed by atoms with Crippen molar-refractivity contribution >= 4 is 17.7 Å². The highest BCUT2D eigenvalue weighted by molar-refractivity contribution is 7.99. The Balaban J connectivity index is 1.49. The molecule has 3 rings (SSSR count). The SMILES string of the molecule is Cc1cc(C)cc(OCc2nnc(SCC(=O)NCc3ccccc3)n2C)c1. The molecule has 0 unspecified atom stereocenters. The molecule has 0 aliphatic heterocycles. The van der Waals surface area contributed by atoms with Crippen molar-refractivity contribution in [3.05, 3.63) is 71.0 Å². The standard InChI is InChI=1S/C21H24N4O2S/c1-15-9-16(2)11-18(10-15)27-13-19-23-24-21(25(19)3)28-14-20(26)22-12-17-7-5-4-6-8-17/h4-11H,12-14H2,1-3H3,(H,22,26). The molecule has 146 valence electrons. The second-order valence-corrected chi connectivity index (χ2v) is 7.56. The van der Waals surface area contributed by atoms with E-state index in [1.165, 1.54) is 11.8 Å². The van der Waals surface area contributed by atoms with Crippen LogP contribution in [0.2, 0.25) is 0 Å². The summed E-state index contributed by atoms with van der Waals surface area (Å²) in [5.74, 6) is 1.78. The molecule has 0 radical (unpaired) electrons. The third kappa shape index (κ3) is 5.60. The summed E-state index contributed by atoms with van der Waals surface area (Å²) >= 11 is 1.36. The van der Waals surface area contributed by atoms with Gasteiger partial charge in [-0.3, -0.25) is 4.79 Å². The zero-order chi connectivity index (χ0) is 19.9. The van der Waals surface area contributed by atoms with Crippen LogP contribution in [0.4, 0.5) is 0 Å². The normalized spacial score (nSPS) is 10.7. The Bertz CT molecular complexity index is 921. The monoisotopic (exact) mass is 396 g/mol. The maximum absolute atomic E-state index is 12.1. The quantitative estimate of drug-likeness (QED) is 0.591. The molecular weight excluding hydrogens is 372 g/mol. The van der Waals surface area contributed by atoms with Gasteiger partial charge in [-0.2, -0.15) is 0 Å². The topological polar surface area (TPSA) is 69.0 Å². The van der Waals surface area contributed by atoms with Crippen LogP contribution in [0.1, 0.15) is 22.5 Å². The van der Waals surface area contributed by atoms with Crippen molar-refractivity contribution in [2.75, 3.05) is 5.75 Å². The zero-order valence-corrected chi connectivity index (χ0v) is 17.1. The van der Waals surface area contributed by atoms with Crippen molar-refractivity contribution < 1.29 is 9.53 Å². The van der Waals surface area contributed by atoms with Crippen molar-refractivity contribution in [2.45, 2.75) is 32.2 Å². The lowest BCUT2D eigenvalue weighted by Gasteiger charge is -2.08. The number of benzene rings is 2. The molecule has 1 heterocycles. The molecule has 0 saturated carbocycles. The summed E-state index contributed by atoms with van der Waals surface area (Å²) in [6.45, 7) is 4.93. The fourth-order valence-corrected chi connectivity index (χ4v) is 3.50. The average Bonchev–Trinajstić information content (AvgIpc) is 3.03. The molecule has 1 amide bonds. The van der Waals surface area contributed by atoms with Gasteiger partial charge in [-0.25, -0.2) is 0 Å². The molecule has 0 saturated heterocycles. The average molecular weight is 397 g/mol. The molecule has 28 heavy (non-hydrogen) atoms. The molecular formula is C21H24N4O2S. The molecule has 2 aromatic carbocycles. The molecule has 6 nitrogen and oxygen atoms in total. The summed E-state index contributed by atoms with van der Waals surface area (Å²) in [6, 6.07) is 15.9. The number of nitrogens with zero attached hydrogens (tertiary/aromatic N) is 3. The number of nitrogens with one attached hydrogen (secondary N) is 1. The first-order valence-electron chi connectivity index (χ1n) is 9.04. The highest BCUT2D eigenvalue weighted by Gasteiger charge is 2.12. The largest absolute Gasteiger partial charge is 0.486 e. The van der Waals surface area contributed by atoms with E-state index < -0.39 is 0 Å². The molecule has 3 aromatic rings. The summed E-state index contributed by atoms with van der Waals surface area (Å²) in [6.07, 6.45) is 0. The minimum Gasteiger partial charge on any atom is -0.486 e. The molecule has 0 fully saturated rings. The van der Waals surface area contributed by atoms with E-state index in [0.717, 1.165) is 22.4 Å². The second-order valence-electron chi connectivity index (χ2n) is 6.62. The smallest absolute Gasteiger partial charge is 0.230 e. The summed E-state index contributed by atoms with van der Waals surface area (Å²) in [4.78, 5) is 12.1. The van der Waals surface area contributed by atoms with E-state index >= 15 is 0 Å². The van der Waals surface area contributed by atoms with Crippen LogP contribution in [0.25, 0.3) is 0 Å². The Hall–Kier alpha value is -2.80. The first kappa shape index (κ1) is 19.9. The van der Waals surface area contributed by atoms with Crippen molar-refractivity contribution in [3.63, 3.8) is 0 Å². The summed E-state index contributed by atoms with van der Waals surface area (Å²) in [5, 5.41) is 12.0. The van der Waals surface area contributed by atoms with E-state index in [0.29, 0.717) is 24.1 Å². The molecule has 7 heteroatoms. The Kier molecular flexibility index (Phi) is 6.71. The van der Waals surface area contributed by atoms with Crippen molar-refractivity contribution in [3.8, 4) is 5.75 Å². The molecule has 0 atom stereocenters. The molecule has 0 aliphatic rings. The first-order chi connectivity index (χ1) is 13.5. The summed E-state index contributed by atoms with van der Waals surface area (Å²) in [7, 11) is 1.88. The van der Waals surface area contributed by atoms with Gasteiger partial charge in [0.1, 0.15) is 12.4 Å². The predicted octanol–water partition coefficient (Wildman–Crippen LogP) is 3.42. The van der Waals surface area contributed by atoms with Gasteiger partial charge in [0, 0.05) is 13.6 Å². The number of ether oxygens (including phenoxy) is 1. The highest BCUT2D eigenvalue weighted by Crippen LogP contribution is 2.19. The van der Waals surface area contributed by atoms with Gasteiger partial charge in [0.05, 0.1) is 5.75 Å². The summed E-state index contributed by atoms with van der Waals surface area (Å²) < 4.78 is 7.71. The Morgan fingerprint density at radius 1 is 1.11 bits per heavy atom. The van der Waals surface area contributed by atoms with Crippen LogP contribution in [0.15, 0.2) is 53.7 Å². The van der Waals surface area contributed by atoms with Crippen molar-refractivity contribution in [1.82, 2.24) is 20.1 Å². The Labute approximate surface area is 169 Å². The minimum atomic E-state index is -0.0371.